The molecule has 0 saturated heterocycles. The molecule has 1 aromatic rings. The molecule has 0 bridgehead atoms. The fourth-order valence-electron chi connectivity index (χ4n) is 3.37. The lowest BCUT2D eigenvalue weighted by atomic mass is 9.78. The molecule has 2 rings (SSSR count). The molecule has 1 aromatic carbocycles. The number of amides is 1. The Balaban J connectivity index is 2.23. The van der Waals surface area contributed by atoms with Crippen molar-refractivity contribution in [3.05, 3.63) is 23.8 Å². The third-order valence-corrected chi connectivity index (χ3v) is 4.41. The van der Waals surface area contributed by atoms with Crippen molar-refractivity contribution in [2.45, 2.75) is 52.1 Å². The van der Waals surface area contributed by atoms with Crippen LogP contribution in [0.1, 0.15) is 52.0 Å². The van der Waals surface area contributed by atoms with E-state index in [9.17, 15) is 14.9 Å². The third-order valence-electron chi connectivity index (χ3n) is 4.41. The lowest BCUT2D eigenvalue weighted by molar-refractivity contribution is -0.147. The number of nitrogens with one attached hydrogen (secondary N) is 1. The first-order valence-corrected chi connectivity index (χ1v) is 8.58. The lowest BCUT2D eigenvalue weighted by Gasteiger charge is -2.38. The monoisotopic (exact) mass is 344 g/mol. The van der Waals surface area contributed by atoms with Crippen molar-refractivity contribution in [1.82, 2.24) is 0 Å². The molecule has 2 atom stereocenters. The van der Waals surface area contributed by atoms with Crippen molar-refractivity contribution < 1.29 is 19.1 Å². The first-order valence-electron chi connectivity index (χ1n) is 8.58. The van der Waals surface area contributed by atoms with E-state index in [2.05, 4.69) is 12.2 Å². The Morgan fingerprint density at radius 1 is 1.44 bits per heavy atom. The molecule has 0 radical (unpaired) electrons. The SMILES string of the molecule is CCO[C@]1(C(=O)Nc2ccc(OC(C)=O)cc2C#N)CCC[C@H](C)C1. The fraction of sp³-hybridized carbons (Fsp3) is 0.526. The number of rotatable bonds is 5. The molecular weight excluding hydrogens is 320 g/mol. The van der Waals surface area contributed by atoms with Gasteiger partial charge in [-0.2, -0.15) is 5.26 Å². The predicted octanol–water partition coefficient (Wildman–Crippen LogP) is 3.41. The fourth-order valence-corrected chi connectivity index (χ4v) is 3.37. The second kappa shape index (κ2) is 8.13. The Hall–Kier alpha value is -2.39. The number of anilines is 1. The summed E-state index contributed by atoms with van der Waals surface area (Å²) in [5.41, 5.74) is -0.225. The smallest absolute Gasteiger partial charge is 0.308 e. The quantitative estimate of drug-likeness (QED) is 0.653. The number of carbonyl (C=O) groups is 2. The Morgan fingerprint density at radius 3 is 2.80 bits per heavy atom. The van der Waals surface area contributed by atoms with Crippen molar-refractivity contribution >= 4 is 17.6 Å². The molecule has 0 aromatic heterocycles. The molecule has 1 N–H and O–H groups in total. The minimum atomic E-state index is -0.853. The molecule has 25 heavy (non-hydrogen) atoms. The molecule has 6 heteroatoms. The van der Waals surface area contributed by atoms with E-state index in [1.54, 1.807) is 12.1 Å². The van der Waals surface area contributed by atoms with Crippen LogP contribution in [0.5, 0.6) is 5.75 Å². The van der Waals surface area contributed by atoms with Crippen molar-refractivity contribution in [3.8, 4) is 11.8 Å². The van der Waals surface area contributed by atoms with E-state index in [0.717, 1.165) is 12.8 Å². The number of hydrogen-bond acceptors (Lipinski definition) is 5. The van der Waals surface area contributed by atoms with Crippen LogP contribution in [0, 0.1) is 17.2 Å². The molecule has 0 spiro atoms. The van der Waals surface area contributed by atoms with E-state index in [1.165, 1.54) is 13.0 Å². The summed E-state index contributed by atoms with van der Waals surface area (Å²) in [6, 6.07) is 6.58. The second-order valence-corrected chi connectivity index (χ2v) is 6.50. The van der Waals surface area contributed by atoms with Gasteiger partial charge in [-0.3, -0.25) is 9.59 Å². The maximum Gasteiger partial charge on any atom is 0.308 e. The molecule has 1 fully saturated rings. The lowest BCUT2D eigenvalue weighted by Crippen LogP contribution is -2.48. The average molecular weight is 344 g/mol. The van der Waals surface area contributed by atoms with Crippen LogP contribution in [0.25, 0.3) is 0 Å². The Labute approximate surface area is 148 Å². The van der Waals surface area contributed by atoms with E-state index in [1.807, 2.05) is 13.0 Å². The molecule has 1 aliphatic carbocycles. The van der Waals surface area contributed by atoms with Gasteiger partial charge in [0.05, 0.1) is 11.3 Å². The van der Waals surface area contributed by atoms with Gasteiger partial charge < -0.3 is 14.8 Å². The Morgan fingerprint density at radius 2 is 2.20 bits per heavy atom. The highest BCUT2D eigenvalue weighted by molar-refractivity contribution is 5.98. The summed E-state index contributed by atoms with van der Waals surface area (Å²) in [6.45, 7) is 5.74. The zero-order valence-electron chi connectivity index (χ0n) is 14.9. The summed E-state index contributed by atoms with van der Waals surface area (Å²) in [5, 5.41) is 12.2. The summed E-state index contributed by atoms with van der Waals surface area (Å²) in [6.07, 6.45) is 3.36. The molecule has 134 valence electrons. The van der Waals surface area contributed by atoms with Crippen molar-refractivity contribution in [2.75, 3.05) is 11.9 Å². The highest BCUT2D eigenvalue weighted by atomic mass is 16.5. The largest absolute Gasteiger partial charge is 0.427 e. The molecule has 6 nitrogen and oxygen atoms in total. The minimum Gasteiger partial charge on any atom is -0.427 e. The normalized spacial score (nSPS) is 22.7. The first-order chi connectivity index (χ1) is 11.9. The van der Waals surface area contributed by atoms with Crippen LogP contribution < -0.4 is 10.1 Å². The van der Waals surface area contributed by atoms with Crippen molar-refractivity contribution in [3.63, 3.8) is 0 Å². The van der Waals surface area contributed by atoms with Gasteiger partial charge in [0.1, 0.15) is 17.4 Å². The van der Waals surface area contributed by atoms with Gasteiger partial charge in [0.15, 0.2) is 0 Å². The van der Waals surface area contributed by atoms with Gasteiger partial charge in [0, 0.05) is 19.6 Å². The van der Waals surface area contributed by atoms with Gasteiger partial charge in [-0.1, -0.05) is 13.3 Å². The number of nitrogens with zero attached hydrogens (tertiary/aromatic N) is 1. The van der Waals surface area contributed by atoms with Crippen LogP contribution in [0.4, 0.5) is 5.69 Å². The summed E-state index contributed by atoms with van der Waals surface area (Å²) >= 11 is 0. The topological polar surface area (TPSA) is 88.4 Å². The number of hydrogen-bond donors (Lipinski definition) is 1. The number of ether oxygens (including phenoxy) is 2. The molecule has 1 saturated carbocycles. The number of nitriles is 1. The van der Waals surface area contributed by atoms with Crippen LogP contribution >= 0.6 is 0 Å². The summed E-state index contributed by atoms with van der Waals surface area (Å²) in [5.74, 6) is -0.00880. The Kier molecular flexibility index (Phi) is 6.16. The van der Waals surface area contributed by atoms with Crippen LogP contribution in [-0.2, 0) is 14.3 Å². The Bertz CT molecular complexity index is 691. The van der Waals surface area contributed by atoms with E-state index >= 15 is 0 Å². The summed E-state index contributed by atoms with van der Waals surface area (Å²) < 4.78 is 10.8. The zero-order chi connectivity index (χ0) is 18.4. The van der Waals surface area contributed by atoms with Crippen molar-refractivity contribution in [2.24, 2.45) is 5.92 Å². The van der Waals surface area contributed by atoms with Crippen LogP contribution in [0.15, 0.2) is 18.2 Å². The summed E-state index contributed by atoms with van der Waals surface area (Å²) in [7, 11) is 0. The van der Waals surface area contributed by atoms with Crippen LogP contribution in [0.3, 0.4) is 0 Å². The van der Waals surface area contributed by atoms with Gasteiger partial charge in [-0.15, -0.1) is 0 Å². The number of carbonyl (C=O) groups excluding carboxylic acids is 2. The number of benzene rings is 1. The second-order valence-electron chi connectivity index (χ2n) is 6.50. The highest BCUT2D eigenvalue weighted by Crippen LogP contribution is 2.36. The predicted molar refractivity (Wildman–Crippen MR) is 93.1 cm³/mol. The van der Waals surface area contributed by atoms with E-state index in [-0.39, 0.29) is 17.2 Å². The van der Waals surface area contributed by atoms with Gasteiger partial charge in [-0.05, 0) is 44.2 Å². The van der Waals surface area contributed by atoms with Gasteiger partial charge in [0.25, 0.3) is 5.91 Å². The molecule has 0 unspecified atom stereocenters. The van der Waals surface area contributed by atoms with Crippen LogP contribution in [0.2, 0.25) is 0 Å². The van der Waals surface area contributed by atoms with Gasteiger partial charge in [0.2, 0.25) is 0 Å². The third kappa shape index (κ3) is 4.58. The first kappa shape index (κ1) is 18.9. The molecular formula is C19H24N2O4. The minimum absolute atomic E-state index is 0.224. The maximum atomic E-state index is 12.9. The molecule has 0 heterocycles. The van der Waals surface area contributed by atoms with E-state index < -0.39 is 11.6 Å². The highest BCUT2D eigenvalue weighted by Gasteiger charge is 2.42. The maximum absolute atomic E-state index is 12.9. The van der Waals surface area contributed by atoms with Gasteiger partial charge in [-0.25, -0.2) is 0 Å². The van der Waals surface area contributed by atoms with E-state index in [0.29, 0.717) is 31.1 Å². The average Bonchev–Trinajstić information content (AvgIpc) is 2.55. The molecule has 0 aliphatic heterocycles. The molecule has 1 aliphatic rings. The zero-order valence-corrected chi connectivity index (χ0v) is 14.9. The number of esters is 1. The standard InChI is InChI=1S/C19H24N2O4/c1-4-24-19(9-5-6-13(2)11-19)18(23)21-17-8-7-16(25-14(3)22)10-15(17)12-20/h7-8,10,13H,4-6,9,11H2,1-3H3,(H,21,23)/t13-,19+/m0/s1. The van der Waals surface area contributed by atoms with Gasteiger partial charge >= 0.3 is 5.97 Å². The van der Waals surface area contributed by atoms with Crippen LogP contribution in [-0.4, -0.2) is 24.1 Å². The van der Waals surface area contributed by atoms with E-state index in [4.69, 9.17) is 9.47 Å². The summed E-state index contributed by atoms with van der Waals surface area (Å²) in [4.78, 5) is 24.0. The van der Waals surface area contributed by atoms with Crippen molar-refractivity contribution in [1.29, 1.82) is 5.26 Å². The molecule has 1 amide bonds.